The van der Waals surface area contributed by atoms with E-state index in [0.29, 0.717) is 6.54 Å². The first-order valence-corrected chi connectivity index (χ1v) is 5.17. The van der Waals surface area contributed by atoms with E-state index in [9.17, 15) is 9.59 Å². The molecule has 1 fully saturated rings. The number of carbonyl (C=O) groups excluding carboxylic acids is 2. The maximum Gasteiger partial charge on any atom is 0.270 e. The van der Waals surface area contributed by atoms with Gasteiger partial charge in [0, 0.05) is 6.54 Å². The van der Waals surface area contributed by atoms with Gasteiger partial charge in [-0.05, 0) is 20.3 Å². The molecule has 0 aromatic heterocycles. The van der Waals surface area contributed by atoms with Crippen molar-refractivity contribution in [3.05, 3.63) is 0 Å². The zero-order chi connectivity index (χ0) is 11.5. The minimum atomic E-state index is -0.836. The maximum atomic E-state index is 11.5. The Hall–Kier alpha value is -1.10. The van der Waals surface area contributed by atoms with Crippen molar-refractivity contribution in [2.24, 2.45) is 5.41 Å². The standard InChI is InChI=1S/C10H18N2O3/c1-4-5-11-7(13)8-12-9(14)10(2,3)6-15-8/h8H,4-6H2,1-3H3,(H,11,13)(H,12,14). The predicted molar refractivity (Wildman–Crippen MR) is 55.0 cm³/mol. The molecule has 1 atom stereocenters. The quantitative estimate of drug-likeness (QED) is 0.695. The Morgan fingerprint density at radius 2 is 2.33 bits per heavy atom. The molecular formula is C10H18N2O3. The molecule has 0 spiro atoms. The Kier molecular flexibility index (Phi) is 3.68. The van der Waals surface area contributed by atoms with Crippen molar-refractivity contribution in [2.45, 2.75) is 33.4 Å². The Bertz CT molecular complexity index is 263. The van der Waals surface area contributed by atoms with Crippen LogP contribution in [0.4, 0.5) is 0 Å². The lowest BCUT2D eigenvalue weighted by Gasteiger charge is -2.33. The second-order valence-corrected chi connectivity index (χ2v) is 4.34. The average Bonchev–Trinajstić information content (AvgIpc) is 2.18. The van der Waals surface area contributed by atoms with Crippen molar-refractivity contribution >= 4 is 11.8 Å². The minimum Gasteiger partial charge on any atom is -0.352 e. The summed E-state index contributed by atoms with van der Waals surface area (Å²) >= 11 is 0. The average molecular weight is 214 g/mol. The Balaban J connectivity index is 2.47. The lowest BCUT2D eigenvalue weighted by atomic mass is 9.92. The molecule has 1 aliphatic rings. The van der Waals surface area contributed by atoms with Crippen LogP contribution in [0.5, 0.6) is 0 Å². The van der Waals surface area contributed by atoms with Gasteiger partial charge in [-0.25, -0.2) is 0 Å². The highest BCUT2D eigenvalue weighted by molar-refractivity contribution is 5.89. The van der Waals surface area contributed by atoms with Crippen LogP contribution < -0.4 is 10.6 Å². The number of amides is 2. The number of nitrogens with one attached hydrogen (secondary N) is 2. The summed E-state index contributed by atoms with van der Waals surface area (Å²) in [6.07, 6.45) is 0.0230. The molecule has 86 valence electrons. The van der Waals surface area contributed by atoms with E-state index in [1.54, 1.807) is 13.8 Å². The van der Waals surface area contributed by atoms with Crippen LogP contribution in [-0.2, 0) is 14.3 Å². The molecule has 0 aromatic rings. The van der Waals surface area contributed by atoms with Gasteiger partial charge in [0.2, 0.25) is 12.1 Å². The topological polar surface area (TPSA) is 67.4 Å². The van der Waals surface area contributed by atoms with Gasteiger partial charge in [-0.15, -0.1) is 0 Å². The molecule has 1 unspecified atom stereocenters. The van der Waals surface area contributed by atoms with Gasteiger partial charge in [-0.1, -0.05) is 6.92 Å². The zero-order valence-corrected chi connectivity index (χ0v) is 9.42. The Labute approximate surface area is 89.6 Å². The molecule has 0 bridgehead atoms. The first-order chi connectivity index (χ1) is 6.97. The van der Waals surface area contributed by atoms with E-state index in [2.05, 4.69) is 10.6 Å². The van der Waals surface area contributed by atoms with Gasteiger partial charge in [0.15, 0.2) is 0 Å². The van der Waals surface area contributed by atoms with Gasteiger partial charge in [0.05, 0.1) is 12.0 Å². The lowest BCUT2D eigenvalue weighted by Crippen LogP contribution is -2.57. The molecule has 1 saturated heterocycles. The van der Waals surface area contributed by atoms with Crippen LogP contribution >= 0.6 is 0 Å². The van der Waals surface area contributed by atoms with Crippen LogP contribution in [0.2, 0.25) is 0 Å². The summed E-state index contributed by atoms with van der Waals surface area (Å²) in [5.74, 6) is -0.425. The van der Waals surface area contributed by atoms with E-state index >= 15 is 0 Å². The summed E-state index contributed by atoms with van der Waals surface area (Å²) < 4.78 is 5.28. The van der Waals surface area contributed by atoms with Crippen LogP contribution in [0.3, 0.4) is 0 Å². The summed E-state index contributed by atoms with van der Waals surface area (Å²) in [5.41, 5.74) is -0.554. The van der Waals surface area contributed by atoms with Crippen LogP contribution in [0.15, 0.2) is 0 Å². The summed E-state index contributed by atoms with van der Waals surface area (Å²) in [6, 6.07) is 0. The second kappa shape index (κ2) is 4.61. The van der Waals surface area contributed by atoms with Gasteiger partial charge >= 0.3 is 0 Å². The Morgan fingerprint density at radius 3 is 2.87 bits per heavy atom. The molecule has 15 heavy (non-hydrogen) atoms. The first-order valence-electron chi connectivity index (χ1n) is 5.17. The highest BCUT2D eigenvalue weighted by atomic mass is 16.5. The third kappa shape index (κ3) is 2.92. The number of carbonyl (C=O) groups is 2. The fraction of sp³-hybridized carbons (Fsp3) is 0.800. The van der Waals surface area contributed by atoms with Gasteiger partial charge < -0.3 is 15.4 Å². The van der Waals surface area contributed by atoms with E-state index in [0.717, 1.165) is 6.42 Å². The molecule has 5 heteroatoms. The molecule has 1 rings (SSSR count). The van der Waals surface area contributed by atoms with Crippen LogP contribution in [0, 0.1) is 5.41 Å². The predicted octanol–water partition coefficient (Wildman–Crippen LogP) is 0.0113. The monoisotopic (exact) mass is 214 g/mol. The molecule has 0 aliphatic carbocycles. The summed E-state index contributed by atoms with van der Waals surface area (Å²) in [5, 5.41) is 5.21. The van der Waals surface area contributed by atoms with E-state index in [1.165, 1.54) is 0 Å². The molecular weight excluding hydrogens is 196 g/mol. The molecule has 0 radical (unpaired) electrons. The number of hydrogen-bond acceptors (Lipinski definition) is 3. The van der Waals surface area contributed by atoms with Crippen molar-refractivity contribution in [1.82, 2.24) is 10.6 Å². The molecule has 5 nitrogen and oxygen atoms in total. The fourth-order valence-corrected chi connectivity index (χ4v) is 1.20. The summed E-state index contributed by atoms with van der Waals surface area (Å²) in [7, 11) is 0. The molecule has 1 aliphatic heterocycles. The van der Waals surface area contributed by atoms with Crippen LogP contribution in [0.1, 0.15) is 27.2 Å². The van der Waals surface area contributed by atoms with Crippen molar-refractivity contribution in [1.29, 1.82) is 0 Å². The normalized spacial score (nSPS) is 24.5. The fourth-order valence-electron chi connectivity index (χ4n) is 1.20. The van der Waals surface area contributed by atoms with Crippen molar-refractivity contribution in [3.63, 3.8) is 0 Å². The SMILES string of the molecule is CCCNC(=O)C1NC(=O)C(C)(C)CO1. The van der Waals surface area contributed by atoms with Crippen molar-refractivity contribution < 1.29 is 14.3 Å². The largest absolute Gasteiger partial charge is 0.352 e. The molecule has 2 N–H and O–H groups in total. The van der Waals surface area contributed by atoms with Crippen molar-refractivity contribution in [3.8, 4) is 0 Å². The second-order valence-electron chi connectivity index (χ2n) is 4.34. The summed E-state index contributed by atoms with van der Waals surface area (Å²) in [4.78, 5) is 23.0. The van der Waals surface area contributed by atoms with E-state index in [4.69, 9.17) is 4.74 Å². The van der Waals surface area contributed by atoms with Gasteiger partial charge in [0.25, 0.3) is 5.91 Å². The molecule has 1 heterocycles. The minimum absolute atomic E-state index is 0.148. The smallest absolute Gasteiger partial charge is 0.270 e. The highest BCUT2D eigenvalue weighted by Gasteiger charge is 2.37. The van der Waals surface area contributed by atoms with Crippen LogP contribution in [0.25, 0.3) is 0 Å². The molecule has 2 amide bonds. The van der Waals surface area contributed by atoms with Crippen molar-refractivity contribution in [2.75, 3.05) is 13.2 Å². The van der Waals surface area contributed by atoms with Gasteiger partial charge in [-0.3, -0.25) is 9.59 Å². The molecule has 0 aromatic carbocycles. The number of ether oxygens (including phenoxy) is 1. The third-order valence-electron chi connectivity index (χ3n) is 2.28. The number of hydrogen-bond donors (Lipinski definition) is 2. The van der Waals surface area contributed by atoms with E-state index in [-0.39, 0.29) is 18.4 Å². The maximum absolute atomic E-state index is 11.5. The third-order valence-corrected chi connectivity index (χ3v) is 2.28. The van der Waals surface area contributed by atoms with E-state index < -0.39 is 11.6 Å². The van der Waals surface area contributed by atoms with Gasteiger partial charge in [0.1, 0.15) is 0 Å². The molecule has 0 saturated carbocycles. The van der Waals surface area contributed by atoms with Crippen LogP contribution in [-0.4, -0.2) is 31.2 Å². The van der Waals surface area contributed by atoms with Gasteiger partial charge in [-0.2, -0.15) is 0 Å². The lowest BCUT2D eigenvalue weighted by molar-refractivity contribution is -0.159. The summed E-state index contributed by atoms with van der Waals surface area (Å²) in [6.45, 7) is 6.38. The number of rotatable bonds is 3. The van der Waals surface area contributed by atoms with E-state index in [1.807, 2.05) is 6.92 Å². The first kappa shape index (κ1) is 12.0. The highest BCUT2D eigenvalue weighted by Crippen LogP contribution is 2.20. The Morgan fingerprint density at radius 1 is 1.67 bits per heavy atom. The zero-order valence-electron chi connectivity index (χ0n) is 9.42.